The number of fused-ring (bicyclic) bond motifs is 1. The van der Waals surface area contributed by atoms with Crippen molar-refractivity contribution in [2.75, 3.05) is 0 Å². The van der Waals surface area contributed by atoms with Gasteiger partial charge in [0.05, 0.1) is 10.9 Å². The standard InChI is InChI=1S/C16H12BrFN2O3S/c1-7-8(2)24-15-13(7)14(21)19-12(20-15)6-23-16(22)10-5-9(18)3-4-11(10)17/h3-5H,6H2,1-2H3,(H,19,20,21). The van der Waals surface area contributed by atoms with Crippen LogP contribution in [-0.4, -0.2) is 15.9 Å². The van der Waals surface area contributed by atoms with Crippen LogP contribution in [0.4, 0.5) is 4.39 Å². The normalized spacial score (nSPS) is 11.0. The fraction of sp³-hybridized carbons (Fsp3) is 0.188. The van der Waals surface area contributed by atoms with Gasteiger partial charge in [0.2, 0.25) is 0 Å². The summed E-state index contributed by atoms with van der Waals surface area (Å²) in [5.74, 6) is -1.00. The molecule has 0 atom stereocenters. The average Bonchev–Trinajstić information content (AvgIpc) is 2.82. The number of thiophene rings is 1. The van der Waals surface area contributed by atoms with E-state index >= 15 is 0 Å². The Balaban J connectivity index is 1.84. The third kappa shape index (κ3) is 3.11. The van der Waals surface area contributed by atoms with Crippen LogP contribution in [0.2, 0.25) is 0 Å². The van der Waals surface area contributed by atoms with Crippen LogP contribution in [0.1, 0.15) is 26.6 Å². The second-order valence-corrected chi connectivity index (χ2v) is 7.23. The van der Waals surface area contributed by atoms with Gasteiger partial charge >= 0.3 is 5.97 Å². The molecule has 0 saturated carbocycles. The Hall–Kier alpha value is -2.06. The van der Waals surface area contributed by atoms with Crippen molar-refractivity contribution >= 4 is 43.5 Å². The number of carbonyl (C=O) groups is 1. The summed E-state index contributed by atoms with van der Waals surface area (Å²) < 4.78 is 18.8. The SMILES string of the molecule is Cc1sc2nc(COC(=O)c3cc(F)ccc3Br)[nH]c(=O)c2c1C. The Kier molecular flexibility index (Phi) is 4.51. The minimum Gasteiger partial charge on any atom is -0.454 e. The number of nitrogens with zero attached hydrogens (tertiary/aromatic N) is 1. The number of ether oxygens (including phenoxy) is 1. The lowest BCUT2D eigenvalue weighted by Gasteiger charge is -2.06. The van der Waals surface area contributed by atoms with Gasteiger partial charge in [0.25, 0.3) is 5.56 Å². The summed E-state index contributed by atoms with van der Waals surface area (Å²) in [6.07, 6.45) is 0. The van der Waals surface area contributed by atoms with Crippen molar-refractivity contribution in [2.24, 2.45) is 0 Å². The topological polar surface area (TPSA) is 72.0 Å². The number of carbonyl (C=O) groups excluding carboxylic acids is 1. The summed E-state index contributed by atoms with van der Waals surface area (Å²) in [5, 5.41) is 0.556. The van der Waals surface area contributed by atoms with E-state index in [1.807, 2.05) is 13.8 Å². The van der Waals surface area contributed by atoms with E-state index in [0.717, 1.165) is 16.5 Å². The first-order chi connectivity index (χ1) is 11.4. The predicted octanol–water partition coefficient (Wildman–Crippen LogP) is 3.86. The van der Waals surface area contributed by atoms with Gasteiger partial charge in [-0.1, -0.05) is 0 Å². The zero-order valence-electron chi connectivity index (χ0n) is 12.8. The Morgan fingerprint density at radius 1 is 1.42 bits per heavy atom. The molecule has 0 spiro atoms. The van der Waals surface area contributed by atoms with E-state index in [2.05, 4.69) is 25.9 Å². The van der Waals surface area contributed by atoms with Crippen molar-refractivity contribution in [1.29, 1.82) is 0 Å². The van der Waals surface area contributed by atoms with Crippen LogP contribution in [0.5, 0.6) is 0 Å². The van der Waals surface area contributed by atoms with E-state index in [0.29, 0.717) is 14.7 Å². The van der Waals surface area contributed by atoms with Gasteiger partial charge in [0, 0.05) is 9.35 Å². The van der Waals surface area contributed by atoms with Gasteiger partial charge in [-0.2, -0.15) is 0 Å². The highest BCUT2D eigenvalue weighted by atomic mass is 79.9. The number of benzene rings is 1. The number of aromatic amines is 1. The molecule has 2 aromatic heterocycles. The van der Waals surface area contributed by atoms with E-state index in [-0.39, 0.29) is 23.6 Å². The molecule has 0 aliphatic heterocycles. The van der Waals surface area contributed by atoms with Crippen LogP contribution in [-0.2, 0) is 11.3 Å². The highest BCUT2D eigenvalue weighted by molar-refractivity contribution is 9.10. The van der Waals surface area contributed by atoms with Gasteiger partial charge in [-0.05, 0) is 53.5 Å². The van der Waals surface area contributed by atoms with Crippen molar-refractivity contribution in [3.8, 4) is 0 Å². The zero-order chi connectivity index (χ0) is 17.4. The number of aromatic nitrogens is 2. The van der Waals surface area contributed by atoms with Crippen molar-refractivity contribution in [1.82, 2.24) is 9.97 Å². The molecular formula is C16H12BrFN2O3S. The molecule has 3 aromatic rings. The molecule has 0 saturated heterocycles. The summed E-state index contributed by atoms with van der Waals surface area (Å²) in [6, 6.07) is 3.74. The van der Waals surface area contributed by atoms with Gasteiger partial charge in [-0.3, -0.25) is 4.79 Å². The molecule has 1 aromatic carbocycles. The van der Waals surface area contributed by atoms with Crippen LogP contribution in [0.25, 0.3) is 10.2 Å². The van der Waals surface area contributed by atoms with Gasteiger partial charge in [-0.15, -0.1) is 11.3 Å². The number of aryl methyl sites for hydroxylation is 2. The second-order valence-electron chi connectivity index (χ2n) is 5.18. The predicted molar refractivity (Wildman–Crippen MR) is 92.9 cm³/mol. The fourth-order valence-corrected chi connectivity index (χ4v) is 3.69. The molecule has 1 N–H and O–H groups in total. The molecule has 3 rings (SSSR count). The lowest BCUT2D eigenvalue weighted by Crippen LogP contribution is -2.14. The molecule has 2 heterocycles. The van der Waals surface area contributed by atoms with Gasteiger partial charge in [0.1, 0.15) is 23.1 Å². The fourth-order valence-electron chi connectivity index (χ4n) is 2.23. The first kappa shape index (κ1) is 16.8. The average molecular weight is 411 g/mol. The number of halogens is 2. The molecule has 0 amide bonds. The Labute approximate surface area is 148 Å². The third-order valence-electron chi connectivity index (χ3n) is 3.58. The molecule has 0 aliphatic carbocycles. The van der Waals surface area contributed by atoms with Crippen molar-refractivity contribution in [3.05, 3.63) is 60.7 Å². The maximum Gasteiger partial charge on any atom is 0.339 e. The Morgan fingerprint density at radius 2 is 2.17 bits per heavy atom. The molecule has 8 heteroatoms. The molecule has 0 aliphatic rings. The second kappa shape index (κ2) is 6.45. The molecule has 0 unspecified atom stereocenters. The first-order valence-corrected chi connectivity index (χ1v) is 8.59. The van der Waals surface area contributed by atoms with E-state index in [4.69, 9.17) is 4.74 Å². The van der Waals surface area contributed by atoms with Crippen molar-refractivity contribution < 1.29 is 13.9 Å². The quantitative estimate of drug-likeness (QED) is 0.665. The summed E-state index contributed by atoms with van der Waals surface area (Å²) in [5.41, 5.74) is 0.706. The largest absolute Gasteiger partial charge is 0.454 e. The molecule has 0 fully saturated rings. The van der Waals surface area contributed by atoms with Crippen LogP contribution in [0.15, 0.2) is 27.5 Å². The minimum absolute atomic E-state index is 0.0706. The van der Waals surface area contributed by atoms with Crippen molar-refractivity contribution in [3.63, 3.8) is 0 Å². The smallest absolute Gasteiger partial charge is 0.339 e. The highest BCUT2D eigenvalue weighted by Gasteiger charge is 2.15. The highest BCUT2D eigenvalue weighted by Crippen LogP contribution is 2.26. The third-order valence-corrected chi connectivity index (χ3v) is 5.37. The lowest BCUT2D eigenvalue weighted by atomic mass is 10.2. The maximum absolute atomic E-state index is 13.3. The Bertz CT molecular complexity index is 1010. The van der Waals surface area contributed by atoms with Crippen LogP contribution >= 0.6 is 27.3 Å². The molecule has 5 nitrogen and oxygen atoms in total. The minimum atomic E-state index is -0.706. The monoisotopic (exact) mass is 410 g/mol. The number of nitrogens with one attached hydrogen (secondary N) is 1. The van der Waals surface area contributed by atoms with Gasteiger partial charge in [0.15, 0.2) is 0 Å². The molecule has 24 heavy (non-hydrogen) atoms. The maximum atomic E-state index is 13.3. The first-order valence-electron chi connectivity index (χ1n) is 6.98. The van der Waals surface area contributed by atoms with Crippen LogP contribution < -0.4 is 5.56 Å². The van der Waals surface area contributed by atoms with Crippen molar-refractivity contribution in [2.45, 2.75) is 20.5 Å². The molecule has 0 radical (unpaired) electrons. The van der Waals surface area contributed by atoms with E-state index in [9.17, 15) is 14.0 Å². The summed E-state index contributed by atoms with van der Waals surface area (Å²) in [7, 11) is 0. The number of H-pyrrole nitrogens is 1. The van der Waals surface area contributed by atoms with E-state index < -0.39 is 11.8 Å². The van der Waals surface area contributed by atoms with E-state index in [1.54, 1.807) is 0 Å². The number of rotatable bonds is 3. The number of esters is 1. The summed E-state index contributed by atoms with van der Waals surface area (Å²) >= 11 is 4.59. The molecular weight excluding hydrogens is 399 g/mol. The van der Waals surface area contributed by atoms with Gasteiger partial charge < -0.3 is 9.72 Å². The summed E-state index contributed by atoms with van der Waals surface area (Å²) in [6.45, 7) is 3.58. The van der Waals surface area contributed by atoms with Crippen LogP contribution in [0, 0.1) is 19.7 Å². The number of hydrogen-bond acceptors (Lipinski definition) is 5. The Morgan fingerprint density at radius 3 is 2.92 bits per heavy atom. The van der Waals surface area contributed by atoms with E-state index in [1.165, 1.54) is 23.5 Å². The number of hydrogen-bond donors (Lipinski definition) is 1. The zero-order valence-corrected chi connectivity index (χ0v) is 15.2. The molecule has 124 valence electrons. The summed E-state index contributed by atoms with van der Waals surface area (Å²) in [4.78, 5) is 32.8. The molecule has 0 bridgehead atoms. The lowest BCUT2D eigenvalue weighted by molar-refractivity contribution is 0.0460. The van der Waals surface area contributed by atoms with Gasteiger partial charge in [-0.25, -0.2) is 14.2 Å². The van der Waals surface area contributed by atoms with Crippen LogP contribution in [0.3, 0.4) is 0 Å².